The van der Waals surface area contributed by atoms with E-state index in [9.17, 15) is 19.5 Å². The van der Waals surface area contributed by atoms with Crippen molar-refractivity contribution < 1.29 is 29.0 Å². The van der Waals surface area contributed by atoms with Crippen molar-refractivity contribution >= 4 is 23.4 Å². The first-order valence-corrected chi connectivity index (χ1v) is 12.6. The van der Waals surface area contributed by atoms with Crippen LogP contribution >= 0.6 is 0 Å². The maximum atomic E-state index is 14.2. The van der Waals surface area contributed by atoms with Gasteiger partial charge in [0.15, 0.2) is 0 Å². The highest BCUT2D eigenvalue weighted by atomic mass is 16.5. The van der Waals surface area contributed by atoms with Crippen LogP contribution in [-0.4, -0.2) is 90.8 Å². The molecule has 1 aromatic rings. The molecule has 4 aliphatic heterocycles. The quantitative estimate of drug-likeness (QED) is 0.453. The first kappa shape index (κ1) is 24.5. The zero-order valence-electron chi connectivity index (χ0n) is 20.7. The average Bonchev–Trinajstić information content (AvgIpc) is 3.20. The van der Waals surface area contributed by atoms with Crippen LogP contribution in [0.1, 0.15) is 19.3 Å². The second kappa shape index (κ2) is 9.71. The van der Waals surface area contributed by atoms with Gasteiger partial charge in [-0.3, -0.25) is 14.4 Å². The van der Waals surface area contributed by atoms with Crippen molar-refractivity contribution in [2.75, 3.05) is 45.3 Å². The first-order valence-electron chi connectivity index (χ1n) is 12.6. The van der Waals surface area contributed by atoms with Crippen LogP contribution in [0.15, 0.2) is 48.6 Å². The van der Waals surface area contributed by atoms with Gasteiger partial charge in [0.25, 0.3) is 5.91 Å². The van der Waals surface area contributed by atoms with Crippen LogP contribution < -0.4 is 9.64 Å². The van der Waals surface area contributed by atoms with E-state index in [4.69, 9.17) is 9.47 Å². The van der Waals surface area contributed by atoms with E-state index >= 15 is 0 Å². The number of aliphatic hydroxyl groups excluding tert-OH is 1. The fourth-order valence-electron chi connectivity index (χ4n) is 6.07. The number of hydrogen-bond donors (Lipinski definition) is 1. The van der Waals surface area contributed by atoms with E-state index in [0.29, 0.717) is 43.9 Å². The number of carbonyl (C=O) groups excluding carboxylic acids is 3. The summed E-state index contributed by atoms with van der Waals surface area (Å²) in [5, 5.41) is 9.19. The van der Waals surface area contributed by atoms with Crippen LogP contribution in [0.3, 0.4) is 0 Å². The molecule has 0 bridgehead atoms. The molecular weight excluding hydrogens is 462 g/mol. The van der Waals surface area contributed by atoms with Gasteiger partial charge >= 0.3 is 0 Å². The van der Waals surface area contributed by atoms with Crippen molar-refractivity contribution in [1.82, 2.24) is 9.80 Å². The lowest BCUT2D eigenvalue weighted by Crippen LogP contribution is -2.55. The van der Waals surface area contributed by atoms with Crippen LogP contribution in [0.25, 0.3) is 0 Å². The SMILES string of the molecule is COc1ccc(N2CC=C[C@]34O[C@H]5C=CCN(C)C(=O)[C@H]5[C@H]3C(=O)N(CCCCCO)C4C2=O)cc1. The van der Waals surface area contributed by atoms with Crippen molar-refractivity contribution in [3.63, 3.8) is 0 Å². The predicted molar refractivity (Wildman–Crippen MR) is 132 cm³/mol. The number of likely N-dealkylation sites (N-methyl/N-ethyl adjacent to an activating group) is 1. The van der Waals surface area contributed by atoms with Gasteiger partial charge in [-0.1, -0.05) is 24.3 Å². The van der Waals surface area contributed by atoms with Crippen molar-refractivity contribution in [2.45, 2.75) is 37.0 Å². The fourth-order valence-corrected chi connectivity index (χ4v) is 6.07. The van der Waals surface area contributed by atoms with Gasteiger partial charge in [-0.15, -0.1) is 0 Å². The Morgan fingerprint density at radius 1 is 1.03 bits per heavy atom. The molecule has 3 amide bonds. The van der Waals surface area contributed by atoms with Gasteiger partial charge in [-0.05, 0) is 43.5 Å². The Labute approximate surface area is 210 Å². The fraction of sp³-hybridized carbons (Fsp3) is 0.519. The molecule has 0 radical (unpaired) electrons. The number of carbonyl (C=O) groups is 3. The molecule has 9 heteroatoms. The zero-order valence-corrected chi connectivity index (χ0v) is 20.7. The van der Waals surface area contributed by atoms with Crippen LogP contribution in [-0.2, 0) is 19.1 Å². The summed E-state index contributed by atoms with van der Waals surface area (Å²) in [6.07, 6.45) is 8.91. The van der Waals surface area contributed by atoms with Gasteiger partial charge in [0.2, 0.25) is 11.8 Å². The smallest absolute Gasteiger partial charge is 0.253 e. The number of aliphatic hydroxyl groups is 1. The van der Waals surface area contributed by atoms with Gasteiger partial charge in [-0.2, -0.15) is 0 Å². The van der Waals surface area contributed by atoms with Gasteiger partial charge < -0.3 is 29.3 Å². The monoisotopic (exact) mass is 495 g/mol. The number of hydrogen-bond acceptors (Lipinski definition) is 6. The first-order chi connectivity index (χ1) is 17.4. The molecule has 1 unspecified atom stereocenters. The lowest BCUT2D eigenvalue weighted by atomic mass is 9.77. The molecule has 5 rings (SSSR count). The number of methoxy groups -OCH3 is 1. The summed E-state index contributed by atoms with van der Waals surface area (Å²) < 4.78 is 11.8. The lowest BCUT2D eigenvalue weighted by molar-refractivity contribution is -0.143. The third kappa shape index (κ3) is 3.81. The van der Waals surface area contributed by atoms with Crippen molar-refractivity contribution in [3.8, 4) is 5.75 Å². The normalized spacial score (nSPS) is 31.3. The number of fused-ring (bicyclic) bond motifs is 2. The summed E-state index contributed by atoms with van der Waals surface area (Å²) in [7, 11) is 3.31. The second-order valence-corrected chi connectivity index (χ2v) is 9.85. The molecule has 0 aliphatic carbocycles. The number of ether oxygens (including phenoxy) is 2. The van der Waals surface area contributed by atoms with Gasteiger partial charge in [0.1, 0.15) is 17.4 Å². The molecule has 36 heavy (non-hydrogen) atoms. The Bertz CT molecular complexity index is 1090. The standard InChI is InChI=1S/C27H33N3O6/c1-28-14-6-8-20-21(24(28)32)22-25(33)30(15-4-3-5-17-31)23-26(34)29(16-7-13-27(22,23)36-20)18-9-11-19(35-2)12-10-18/h6-13,20-23,31H,3-5,14-17H2,1-2H3/t20-,21+,22-,23?,27-/m0/s1. The summed E-state index contributed by atoms with van der Waals surface area (Å²) >= 11 is 0. The van der Waals surface area contributed by atoms with E-state index in [1.807, 2.05) is 36.4 Å². The number of likely N-dealkylation sites (tertiary alicyclic amines) is 1. The van der Waals surface area contributed by atoms with E-state index in [-0.39, 0.29) is 24.3 Å². The van der Waals surface area contributed by atoms with Crippen LogP contribution in [0, 0.1) is 11.8 Å². The Morgan fingerprint density at radius 2 is 1.81 bits per heavy atom. The van der Waals surface area contributed by atoms with E-state index in [2.05, 4.69) is 0 Å². The minimum absolute atomic E-state index is 0.0802. The molecular formula is C27H33N3O6. The van der Waals surface area contributed by atoms with E-state index in [0.717, 1.165) is 6.42 Å². The molecule has 192 valence electrons. The average molecular weight is 496 g/mol. The summed E-state index contributed by atoms with van der Waals surface area (Å²) in [6.45, 7) is 1.22. The minimum atomic E-state index is -1.22. The molecule has 2 saturated heterocycles. The molecule has 9 nitrogen and oxygen atoms in total. The number of amides is 3. The third-order valence-corrected chi connectivity index (χ3v) is 7.80. The van der Waals surface area contributed by atoms with E-state index in [1.54, 1.807) is 41.0 Å². The number of benzene rings is 1. The summed E-state index contributed by atoms with van der Waals surface area (Å²) in [5.41, 5.74) is -0.526. The Morgan fingerprint density at radius 3 is 2.53 bits per heavy atom. The lowest BCUT2D eigenvalue weighted by Gasteiger charge is -2.35. The topological polar surface area (TPSA) is 99.6 Å². The molecule has 4 aliphatic rings. The van der Waals surface area contributed by atoms with Gasteiger partial charge in [0, 0.05) is 39.0 Å². The summed E-state index contributed by atoms with van der Waals surface area (Å²) in [4.78, 5) is 46.5. The predicted octanol–water partition coefficient (Wildman–Crippen LogP) is 1.37. The Kier molecular flexibility index (Phi) is 6.61. The molecule has 1 spiro atoms. The summed E-state index contributed by atoms with van der Waals surface area (Å²) in [6, 6.07) is 6.35. The van der Waals surface area contributed by atoms with Crippen LogP contribution in [0.2, 0.25) is 0 Å². The molecule has 2 fully saturated rings. The molecule has 0 aromatic heterocycles. The van der Waals surface area contributed by atoms with Crippen molar-refractivity contribution in [1.29, 1.82) is 0 Å². The Balaban J connectivity index is 1.55. The highest BCUT2D eigenvalue weighted by molar-refractivity contribution is 6.05. The highest BCUT2D eigenvalue weighted by Crippen LogP contribution is 2.53. The number of rotatable bonds is 7. The van der Waals surface area contributed by atoms with Gasteiger partial charge in [0.05, 0.1) is 25.0 Å². The largest absolute Gasteiger partial charge is 0.497 e. The number of nitrogens with zero attached hydrogens (tertiary/aromatic N) is 3. The third-order valence-electron chi connectivity index (χ3n) is 7.80. The number of anilines is 1. The van der Waals surface area contributed by atoms with Crippen molar-refractivity contribution in [3.05, 3.63) is 48.6 Å². The van der Waals surface area contributed by atoms with E-state index < -0.39 is 29.6 Å². The maximum absolute atomic E-state index is 14.2. The molecule has 1 aromatic carbocycles. The molecule has 4 heterocycles. The van der Waals surface area contributed by atoms with Crippen LogP contribution in [0.5, 0.6) is 5.75 Å². The molecule has 5 atom stereocenters. The summed E-state index contributed by atoms with van der Waals surface area (Å²) in [5.74, 6) is -1.37. The van der Waals surface area contributed by atoms with Gasteiger partial charge in [-0.25, -0.2) is 0 Å². The number of unbranched alkanes of at least 4 members (excludes halogenated alkanes) is 2. The second-order valence-electron chi connectivity index (χ2n) is 9.85. The van der Waals surface area contributed by atoms with Crippen molar-refractivity contribution in [2.24, 2.45) is 11.8 Å². The zero-order chi connectivity index (χ0) is 25.4. The minimum Gasteiger partial charge on any atom is -0.497 e. The van der Waals surface area contributed by atoms with E-state index in [1.165, 1.54) is 0 Å². The highest BCUT2D eigenvalue weighted by Gasteiger charge is 2.71. The van der Waals surface area contributed by atoms with Crippen LogP contribution in [0.4, 0.5) is 5.69 Å². The Hall–Kier alpha value is -3.17. The maximum Gasteiger partial charge on any atom is 0.253 e. The molecule has 1 N–H and O–H groups in total. The molecule has 0 saturated carbocycles.